The van der Waals surface area contributed by atoms with Crippen LogP contribution >= 0.6 is 11.6 Å². The van der Waals surface area contributed by atoms with Gasteiger partial charge in [0.15, 0.2) is 11.6 Å². The first kappa shape index (κ1) is 11.1. The molecule has 0 fully saturated rings. The van der Waals surface area contributed by atoms with Gasteiger partial charge in [-0.1, -0.05) is 11.6 Å². The molecule has 0 amide bonds. The number of nitrogens with zero attached hydrogens (tertiary/aromatic N) is 2. The zero-order valence-corrected chi connectivity index (χ0v) is 8.27. The van der Waals surface area contributed by atoms with Gasteiger partial charge in [-0.15, -0.1) is 0 Å². The maximum atomic E-state index is 13.2. The summed E-state index contributed by atoms with van der Waals surface area (Å²) in [5.74, 6) is -2.82. The summed E-state index contributed by atoms with van der Waals surface area (Å²) in [6, 6.07) is 1.43. The molecule has 1 aromatic heterocycles. The number of rotatable bonds is 1. The predicted octanol–water partition coefficient (Wildman–Crippen LogP) is 3.50. The van der Waals surface area contributed by atoms with Crippen LogP contribution in [0.2, 0.25) is 5.15 Å². The molecule has 0 bridgehead atoms. The standard InChI is InChI=1S/C9H3ClF4N2/c10-7-4-1-3(11)2-5(12)6(4)15-9(16-7)8(13)14/h1-2,8H. The normalized spacial score (nSPS) is 11.4. The van der Waals surface area contributed by atoms with Crippen molar-refractivity contribution in [3.8, 4) is 0 Å². The number of halogens is 5. The van der Waals surface area contributed by atoms with Gasteiger partial charge in [0.25, 0.3) is 6.43 Å². The van der Waals surface area contributed by atoms with E-state index < -0.39 is 34.6 Å². The van der Waals surface area contributed by atoms with E-state index in [-0.39, 0.29) is 5.39 Å². The maximum Gasteiger partial charge on any atom is 0.297 e. The largest absolute Gasteiger partial charge is 0.297 e. The molecule has 16 heavy (non-hydrogen) atoms. The Labute approximate surface area is 91.9 Å². The maximum absolute atomic E-state index is 13.2. The molecule has 84 valence electrons. The molecule has 0 spiro atoms. The van der Waals surface area contributed by atoms with E-state index in [4.69, 9.17) is 11.6 Å². The second-order valence-electron chi connectivity index (χ2n) is 2.96. The van der Waals surface area contributed by atoms with Gasteiger partial charge in [0.05, 0.1) is 0 Å². The topological polar surface area (TPSA) is 25.8 Å². The van der Waals surface area contributed by atoms with Crippen molar-refractivity contribution in [2.45, 2.75) is 6.43 Å². The highest BCUT2D eigenvalue weighted by Crippen LogP contribution is 2.26. The molecule has 2 nitrogen and oxygen atoms in total. The van der Waals surface area contributed by atoms with Crippen LogP contribution in [0.5, 0.6) is 0 Å². The highest BCUT2D eigenvalue weighted by molar-refractivity contribution is 6.34. The van der Waals surface area contributed by atoms with Crippen LogP contribution in [0.1, 0.15) is 12.2 Å². The highest BCUT2D eigenvalue weighted by atomic mass is 35.5. The molecule has 0 aliphatic heterocycles. The molecule has 2 aromatic rings. The Morgan fingerprint density at radius 2 is 1.81 bits per heavy atom. The zero-order chi connectivity index (χ0) is 11.9. The Morgan fingerprint density at radius 3 is 2.44 bits per heavy atom. The third-order valence-corrected chi connectivity index (χ3v) is 2.17. The molecule has 1 aromatic carbocycles. The Hall–Kier alpha value is -1.43. The Morgan fingerprint density at radius 1 is 1.12 bits per heavy atom. The lowest BCUT2D eigenvalue weighted by Crippen LogP contribution is -1.99. The van der Waals surface area contributed by atoms with E-state index in [1.165, 1.54) is 0 Å². The van der Waals surface area contributed by atoms with Crippen molar-refractivity contribution in [1.29, 1.82) is 0 Å². The average Bonchev–Trinajstić information content (AvgIpc) is 2.19. The first-order valence-corrected chi connectivity index (χ1v) is 4.47. The Bertz CT molecular complexity index is 559. The van der Waals surface area contributed by atoms with Gasteiger partial charge in [-0.3, -0.25) is 0 Å². The number of benzene rings is 1. The molecule has 0 radical (unpaired) electrons. The number of fused-ring (bicyclic) bond motifs is 1. The molecule has 0 saturated heterocycles. The number of alkyl halides is 2. The highest BCUT2D eigenvalue weighted by Gasteiger charge is 2.17. The zero-order valence-electron chi connectivity index (χ0n) is 7.52. The predicted molar refractivity (Wildman–Crippen MR) is 49.4 cm³/mol. The van der Waals surface area contributed by atoms with E-state index in [2.05, 4.69) is 9.97 Å². The lowest BCUT2D eigenvalue weighted by atomic mass is 10.2. The molecule has 0 atom stereocenters. The van der Waals surface area contributed by atoms with Crippen molar-refractivity contribution in [2.24, 2.45) is 0 Å². The summed E-state index contributed by atoms with van der Waals surface area (Å²) in [5, 5.41) is -0.540. The summed E-state index contributed by atoms with van der Waals surface area (Å²) in [7, 11) is 0. The van der Waals surface area contributed by atoms with Gasteiger partial charge in [-0.05, 0) is 6.07 Å². The summed E-state index contributed by atoms with van der Waals surface area (Å²) in [5.41, 5.74) is -0.420. The minimum absolute atomic E-state index is 0.136. The van der Waals surface area contributed by atoms with Gasteiger partial charge in [0.2, 0.25) is 0 Å². The van der Waals surface area contributed by atoms with Gasteiger partial charge in [-0.25, -0.2) is 27.5 Å². The third kappa shape index (κ3) is 1.80. The summed E-state index contributed by atoms with van der Waals surface area (Å²) >= 11 is 5.53. The molecule has 1 heterocycles. The van der Waals surface area contributed by atoms with Crippen LogP contribution in [0.25, 0.3) is 10.9 Å². The summed E-state index contributed by atoms with van der Waals surface area (Å²) in [4.78, 5) is 6.54. The monoisotopic (exact) mass is 250 g/mol. The van der Waals surface area contributed by atoms with Crippen LogP contribution in [0, 0.1) is 11.6 Å². The summed E-state index contributed by atoms with van der Waals surface area (Å²) in [6.07, 6.45) is -2.97. The van der Waals surface area contributed by atoms with Gasteiger partial charge >= 0.3 is 0 Å². The molecule has 0 unspecified atom stereocenters. The van der Waals surface area contributed by atoms with Gasteiger partial charge < -0.3 is 0 Å². The van der Waals surface area contributed by atoms with Crippen molar-refractivity contribution in [1.82, 2.24) is 9.97 Å². The number of hydrogen-bond acceptors (Lipinski definition) is 2. The smallest absolute Gasteiger partial charge is 0.224 e. The van der Waals surface area contributed by atoms with Crippen molar-refractivity contribution in [3.05, 3.63) is 34.7 Å². The van der Waals surface area contributed by atoms with Gasteiger partial charge in [-0.2, -0.15) is 0 Å². The lowest BCUT2D eigenvalue weighted by molar-refractivity contribution is 0.140. The Kier molecular flexibility index (Phi) is 2.67. The second kappa shape index (κ2) is 3.86. The fraction of sp³-hybridized carbons (Fsp3) is 0.111. The molecular formula is C9H3ClF4N2. The fourth-order valence-corrected chi connectivity index (χ4v) is 1.47. The lowest BCUT2D eigenvalue weighted by Gasteiger charge is -2.04. The first-order valence-electron chi connectivity index (χ1n) is 4.09. The third-order valence-electron chi connectivity index (χ3n) is 1.88. The van der Waals surface area contributed by atoms with Crippen LogP contribution in [0.4, 0.5) is 17.6 Å². The molecule has 7 heteroatoms. The summed E-state index contributed by atoms with van der Waals surface area (Å²) in [6.45, 7) is 0. The van der Waals surface area contributed by atoms with Crippen molar-refractivity contribution in [3.63, 3.8) is 0 Å². The van der Waals surface area contributed by atoms with E-state index in [9.17, 15) is 17.6 Å². The van der Waals surface area contributed by atoms with E-state index in [0.29, 0.717) is 6.07 Å². The molecule has 0 saturated carbocycles. The number of hydrogen-bond donors (Lipinski definition) is 0. The van der Waals surface area contributed by atoms with E-state index in [0.717, 1.165) is 6.07 Å². The Balaban J connectivity index is 2.82. The van der Waals surface area contributed by atoms with E-state index in [1.54, 1.807) is 0 Å². The first-order chi connectivity index (χ1) is 7.49. The molecule has 0 N–H and O–H groups in total. The average molecular weight is 251 g/mol. The van der Waals surface area contributed by atoms with E-state index in [1.807, 2.05) is 0 Å². The molecule has 0 aliphatic carbocycles. The summed E-state index contributed by atoms with van der Waals surface area (Å²) < 4.78 is 50.7. The fourth-order valence-electron chi connectivity index (χ4n) is 1.23. The molecule has 2 rings (SSSR count). The van der Waals surface area contributed by atoms with Crippen molar-refractivity contribution in [2.75, 3.05) is 0 Å². The molecular weight excluding hydrogens is 248 g/mol. The van der Waals surface area contributed by atoms with Crippen LogP contribution < -0.4 is 0 Å². The van der Waals surface area contributed by atoms with Gasteiger partial charge in [0, 0.05) is 11.5 Å². The van der Waals surface area contributed by atoms with Gasteiger partial charge in [0.1, 0.15) is 16.5 Å². The SMILES string of the molecule is Fc1cc(F)c2nc(C(F)F)nc(Cl)c2c1. The quantitative estimate of drug-likeness (QED) is 0.572. The van der Waals surface area contributed by atoms with E-state index >= 15 is 0 Å². The van der Waals surface area contributed by atoms with Crippen LogP contribution in [-0.2, 0) is 0 Å². The minimum Gasteiger partial charge on any atom is -0.224 e. The minimum atomic E-state index is -2.97. The van der Waals surface area contributed by atoms with Crippen LogP contribution in [0.3, 0.4) is 0 Å². The van der Waals surface area contributed by atoms with Crippen molar-refractivity contribution < 1.29 is 17.6 Å². The second-order valence-corrected chi connectivity index (χ2v) is 3.32. The van der Waals surface area contributed by atoms with Crippen LogP contribution in [-0.4, -0.2) is 9.97 Å². The van der Waals surface area contributed by atoms with Crippen molar-refractivity contribution >= 4 is 22.5 Å². The molecule has 0 aliphatic rings. The number of aromatic nitrogens is 2. The van der Waals surface area contributed by atoms with Crippen LogP contribution in [0.15, 0.2) is 12.1 Å².